The number of rotatable bonds is 3. The van der Waals surface area contributed by atoms with E-state index in [4.69, 9.17) is 0 Å². The van der Waals surface area contributed by atoms with Crippen LogP contribution in [-0.4, -0.2) is 39.6 Å². The third-order valence-electron chi connectivity index (χ3n) is 3.66. The number of hydrogen-bond acceptors (Lipinski definition) is 4. The Morgan fingerprint density at radius 1 is 1.45 bits per heavy atom. The molecule has 20 heavy (non-hydrogen) atoms. The molecule has 0 aromatic carbocycles. The fourth-order valence-electron chi connectivity index (χ4n) is 2.49. The van der Waals surface area contributed by atoms with Crippen molar-refractivity contribution in [3.05, 3.63) is 32.6 Å². The predicted molar refractivity (Wildman–Crippen MR) is 74.4 cm³/mol. The van der Waals surface area contributed by atoms with Gasteiger partial charge in [0.2, 0.25) is 5.91 Å². The van der Waals surface area contributed by atoms with Crippen LogP contribution in [-0.2, 0) is 25.4 Å². The number of hydrogen-bond donors (Lipinski definition) is 1. The summed E-state index contributed by atoms with van der Waals surface area (Å²) in [5.41, 5.74) is -0.291. The van der Waals surface area contributed by atoms with Crippen molar-refractivity contribution >= 4 is 5.91 Å². The van der Waals surface area contributed by atoms with Crippen molar-refractivity contribution in [3.8, 4) is 0 Å². The highest BCUT2D eigenvalue weighted by Crippen LogP contribution is 2.09. The molecule has 2 rings (SSSR count). The summed E-state index contributed by atoms with van der Waals surface area (Å²) in [4.78, 5) is 37.3. The first-order valence-corrected chi connectivity index (χ1v) is 6.65. The normalized spacial score (nSPS) is 18.2. The van der Waals surface area contributed by atoms with Crippen LogP contribution in [0.15, 0.2) is 15.8 Å². The van der Waals surface area contributed by atoms with Crippen LogP contribution in [0, 0.1) is 0 Å². The molecular formula is C13H20N4O3. The number of aromatic nitrogens is 2. The van der Waals surface area contributed by atoms with E-state index in [1.165, 1.54) is 22.7 Å². The van der Waals surface area contributed by atoms with E-state index in [1.807, 2.05) is 0 Å². The summed E-state index contributed by atoms with van der Waals surface area (Å²) in [7, 11) is 4.70. The smallest absolute Gasteiger partial charge is 0.330 e. The van der Waals surface area contributed by atoms with Gasteiger partial charge in [0, 0.05) is 27.3 Å². The third kappa shape index (κ3) is 2.67. The zero-order valence-electron chi connectivity index (χ0n) is 12.0. The monoisotopic (exact) mass is 280 g/mol. The van der Waals surface area contributed by atoms with Crippen molar-refractivity contribution in [1.82, 2.24) is 19.4 Å². The maximum Gasteiger partial charge on any atom is 0.330 e. The highest BCUT2D eigenvalue weighted by Gasteiger charge is 2.25. The lowest BCUT2D eigenvalue weighted by molar-refractivity contribution is -0.132. The van der Waals surface area contributed by atoms with Crippen molar-refractivity contribution < 1.29 is 4.79 Å². The van der Waals surface area contributed by atoms with Crippen LogP contribution in [0.2, 0.25) is 0 Å². The van der Waals surface area contributed by atoms with Gasteiger partial charge in [-0.1, -0.05) is 0 Å². The van der Waals surface area contributed by atoms with E-state index in [9.17, 15) is 14.4 Å². The van der Waals surface area contributed by atoms with Gasteiger partial charge in [-0.15, -0.1) is 0 Å². The molecule has 2 heterocycles. The van der Waals surface area contributed by atoms with Crippen molar-refractivity contribution in [1.29, 1.82) is 0 Å². The standard InChI is InChI=1S/C13H20N4O3/c1-15(12(19)10-5-4-6-14-10)7-9-8-16(2)13(20)17(3)11(9)18/h8,10,14H,4-7H2,1-3H3/t10-/m1/s1. The second-order valence-electron chi connectivity index (χ2n) is 5.26. The minimum atomic E-state index is -0.370. The number of carbonyl (C=O) groups is 1. The van der Waals surface area contributed by atoms with Gasteiger partial charge in [0.05, 0.1) is 18.2 Å². The van der Waals surface area contributed by atoms with Crippen molar-refractivity contribution in [2.75, 3.05) is 13.6 Å². The summed E-state index contributed by atoms with van der Waals surface area (Å²) in [6, 6.07) is -0.156. The van der Waals surface area contributed by atoms with Crippen LogP contribution in [0.1, 0.15) is 18.4 Å². The molecule has 0 radical (unpaired) electrons. The van der Waals surface area contributed by atoms with Crippen LogP contribution in [0.3, 0.4) is 0 Å². The van der Waals surface area contributed by atoms with Gasteiger partial charge in [-0.05, 0) is 19.4 Å². The zero-order valence-corrected chi connectivity index (χ0v) is 12.0. The molecule has 1 fully saturated rings. The Balaban J connectivity index is 2.19. The molecule has 0 bridgehead atoms. The number of carbonyl (C=O) groups excluding carboxylic acids is 1. The summed E-state index contributed by atoms with van der Waals surface area (Å²) in [5.74, 6) is -0.0154. The molecular weight excluding hydrogens is 260 g/mol. The highest BCUT2D eigenvalue weighted by molar-refractivity contribution is 5.81. The maximum absolute atomic E-state index is 12.2. The Morgan fingerprint density at radius 2 is 2.15 bits per heavy atom. The van der Waals surface area contributed by atoms with E-state index in [0.717, 1.165) is 24.0 Å². The summed E-state index contributed by atoms with van der Waals surface area (Å²) in [6.45, 7) is 1.06. The molecule has 1 aromatic heterocycles. The average Bonchev–Trinajstić information content (AvgIpc) is 2.95. The van der Waals surface area contributed by atoms with Gasteiger partial charge in [0.15, 0.2) is 0 Å². The summed E-state index contributed by atoms with van der Waals surface area (Å²) >= 11 is 0. The van der Waals surface area contributed by atoms with Crippen LogP contribution < -0.4 is 16.6 Å². The van der Waals surface area contributed by atoms with Gasteiger partial charge < -0.3 is 14.8 Å². The molecule has 0 aliphatic carbocycles. The molecule has 7 nitrogen and oxygen atoms in total. The van der Waals surface area contributed by atoms with Crippen molar-refractivity contribution in [2.24, 2.45) is 14.1 Å². The third-order valence-corrected chi connectivity index (χ3v) is 3.66. The van der Waals surface area contributed by atoms with Crippen LogP contribution in [0.4, 0.5) is 0 Å². The molecule has 1 amide bonds. The molecule has 1 N–H and O–H groups in total. The Kier molecular flexibility index (Phi) is 4.08. The first-order chi connectivity index (χ1) is 9.41. The quantitative estimate of drug-likeness (QED) is 0.754. The molecule has 0 spiro atoms. The van der Waals surface area contributed by atoms with Crippen molar-refractivity contribution in [3.63, 3.8) is 0 Å². The number of nitrogens with one attached hydrogen (secondary N) is 1. The average molecular weight is 280 g/mol. The minimum Gasteiger partial charge on any atom is -0.340 e. The molecule has 1 atom stereocenters. The summed E-state index contributed by atoms with van der Waals surface area (Å²) in [6.07, 6.45) is 3.32. The van der Waals surface area contributed by atoms with E-state index in [-0.39, 0.29) is 29.7 Å². The van der Waals surface area contributed by atoms with Gasteiger partial charge in [-0.2, -0.15) is 0 Å². The van der Waals surface area contributed by atoms with Gasteiger partial charge in [0.1, 0.15) is 0 Å². The molecule has 7 heteroatoms. The highest BCUT2D eigenvalue weighted by atomic mass is 16.2. The fraction of sp³-hybridized carbons (Fsp3) is 0.615. The molecule has 0 saturated carbocycles. The van der Waals surface area contributed by atoms with Gasteiger partial charge in [-0.3, -0.25) is 14.2 Å². The molecule has 1 aromatic rings. The largest absolute Gasteiger partial charge is 0.340 e. The Hall–Kier alpha value is -1.89. The van der Waals surface area contributed by atoms with Crippen LogP contribution in [0.25, 0.3) is 0 Å². The lowest BCUT2D eigenvalue weighted by Crippen LogP contribution is -2.44. The summed E-state index contributed by atoms with van der Waals surface area (Å²) < 4.78 is 2.41. The van der Waals surface area contributed by atoms with Gasteiger partial charge in [0.25, 0.3) is 5.56 Å². The topological polar surface area (TPSA) is 76.3 Å². The van der Waals surface area contributed by atoms with Gasteiger partial charge >= 0.3 is 5.69 Å². The zero-order chi connectivity index (χ0) is 14.9. The number of likely N-dealkylation sites (N-methyl/N-ethyl adjacent to an activating group) is 1. The molecule has 0 unspecified atom stereocenters. The van der Waals surface area contributed by atoms with Crippen LogP contribution >= 0.6 is 0 Å². The number of amides is 1. The van der Waals surface area contributed by atoms with E-state index in [2.05, 4.69) is 5.32 Å². The van der Waals surface area contributed by atoms with E-state index in [0.29, 0.717) is 5.56 Å². The molecule has 1 aliphatic rings. The first kappa shape index (κ1) is 14.5. The van der Waals surface area contributed by atoms with Crippen molar-refractivity contribution in [2.45, 2.75) is 25.4 Å². The minimum absolute atomic E-state index is 0.0154. The number of nitrogens with zero attached hydrogens (tertiary/aromatic N) is 3. The SMILES string of the molecule is CN(Cc1cn(C)c(=O)n(C)c1=O)C(=O)[C@H]1CCCN1. The Labute approximate surface area is 116 Å². The van der Waals surface area contributed by atoms with E-state index >= 15 is 0 Å². The summed E-state index contributed by atoms with van der Waals surface area (Å²) in [5, 5.41) is 3.14. The van der Waals surface area contributed by atoms with E-state index in [1.54, 1.807) is 14.1 Å². The molecule has 110 valence electrons. The van der Waals surface area contributed by atoms with Gasteiger partial charge in [-0.25, -0.2) is 4.79 Å². The predicted octanol–water partition coefficient (Wildman–Crippen LogP) is -1.21. The first-order valence-electron chi connectivity index (χ1n) is 6.65. The fourth-order valence-corrected chi connectivity index (χ4v) is 2.49. The Bertz CT molecular complexity index is 625. The second-order valence-corrected chi connectivity index (χ2v) is 5.26. The second kappa shape index (κ2) is 5.62. The maximum atomic E-state index is 12.2. The Morgan fingerprint density at radius 3 is 2.75 bits per heavy atom. The molecule has 1 aliphatic heterocycles. The molecule has 1 saturated heterocycles. The van der Waals surface area contributed by atoms with Crippen LogP contribution in [0.5, 0.6) is 0 Å². The lowest BCUT2D eigenvalue weighted by atomic mass is 10.2. The lowest BCUT2D eigenvalue weighted by Gasteiger charge is -2.21. The van der Waals surface area contributed by atoms with E-state index < -0.39 is 0 Å². The number of aryl methyl sites for hydroxylation is 1.